The third-order valence-electron chi connectivity index (χ3n) is 4.52. The fourth-order valence-electron chi connectivity index (χ4n) is 2.98. The minimum absolute atomic E-state index is 0.0115. The molecule has 0 aromatic heterocycles. The molecule has 0 N–H and O–H groups in total. The molecule has 5 nitrogen and oxygen atoms in total. The zero-order valence-corrected chi connectivity index (χ0v) is 16.1. The van der Waals surface area contributed by atoms with E-state index >= 15 is 0 Å². The van der Waals surface area contributed by atoms with Gasteiger partial charge in [0.05, 0.1) is 18.6 Å². The molecule has 1 aliphatic heterocycles. The van der Waals surface area contributed by atoms with Gasteiger partial charge in [-0.3, -0.25) is 4.79 Å². The molecule has 0 saturated heterocycles. The predicted molar refractivity (Wildman–Crippen MR) is 101 cm³/mol. The van der Waals surface area contributed by atoms with Gasteiger partial charge >= 0.3 is 0 Å². The van der Waals surface area contributed by atoms with Gasteiger partial charge in [-0.15, -0.1) is 0 Å². The lowest BCUT2D eigenvalue weighted by Crippen LogP contribution is -2.41. The van der Waals surface area contributed by atoms with E-state index in [-0.39, 0.29) is 11.4 Å². The van der Waals surface area contributed by atoms with Crippen molar-refractivity contribution in [2.75, 3.05) is 13.7 Å². The molecule has 2 aromatic rings. The quantitative estimate of drug-likeness (QED) is 0.826. The largest absolute Gasteiger partial charge is 0.497 e. The van der Waals surface area contributed by atoms with E-state index in [1.807, 2.05) is 20.8 Å². The highest BCUT2D eigenvalue weighted by Gasteiger charge is 2.36. The molecule has 0 fully saturated rings. The number of fused-ring (bicyclic) bond motifs is 1. The van der Waals surface area contributed by atoms with Gasteiger partial charge in [0.25, 0.3) is 15.9 Å². The van der Waals surface area contributed by atoms with Crippen LogP contribution in [-0.4, -0.2) is 32.3 Å². The van der Waals surface area contributed by atoms with E-state index in [0.717, 1.165) is 26.6 Å². The second-order valence-electron chi connectivity index (χ2n) is 6.52. The van der Waals surface area contributed by atoms with Gasteiger partial charge in [0.1, 0.15) is 5.75 Å². The van der Waals surface area contributed by atoms with Crippen molar-refractivity contribution < 1.29 is 17.9 Å². The number of methoxy groups -OCH3 is 1. The first-order chi connectivity index (χ1) is 12.3. The molecule has 1 amide bonds. The van der Waals surface area contributed by atoms with Crippen molar-refractivity contribution in [3.05, 3.63) is 64.7 Å². The summed E-state index contributed by atoms with van der Waals surface area (Å²) in [6.45, 7) is 5.71. The maximum Gasteiger partial charge on any atom is 0.268 e. The van der Waals surface area contributed by atoms with Crippen molar-refractivity contribution in [2.24, 2.45) is 0 Å². The molecular formula is C20H21NO4S. The number of ether oxygens (including phenoxy) is 1. The number of amides is 1. The monoisotopic (exact) mass is 371 g/mol. The Morgan fingerprint density at radius 2 is 1.69 bits per heavy atom. The molecule has 26 heavy (non-hydrogen) atoms. The summed E-state index contributed by atoms with van der Waals surface area (Å²) < 4.78 is 32.3. The first-order valence-corrected chi connectivity index (χ1v) is 9.68. The summed E-state index contributed by atoms with van der Waals surface area (Å²) in [4.78, 5) is 13.1. The Hall–Kier alpha value is -2.60. The summed E-state index contributed by atoms with van der Waals surface area (Å²) in [5.74, 6) is 0.110. The molecule has 2 aromatic carbocycles. The molecule has 0 radical (unpaired) electrons. The first kappa shape index (κ1) is 18.2. The number of benzene rings is 2. The van der Waals surface area contributed by atoms with Crippen molar-refractivity contribution in [3.8, 4) is 5.75 Å². The number of hydrogen-bond acceptors (Lipinski definition) is 4. The first-order valence-electron chi connectivity index (χ1n) is 8.24. The van der Waals surface area contributed by atoms with Crippen LogP contribution in [0.25, 0.3) is 5.57 Å². The standard InChI is InChI=1S/C20H21NO4S/c1-13(2)19-12-21(26(23,24)16-8-5-14(3)6-9-16)20(22)17-10-7-15(25-4)11-18(17)19/h5-11H,12H2,1-4H3. The van der Waals surface area contributed by atoms with Crippen molar-refractivity contribution >= 4 is 21.5 Å². The second-order valence-corrected chi connectivity index (χ2v) is 8.38. The molecule has 1 heterocycles. The smallest absolute Gasteiger partial charge is 0.268 e. The van der Waals surface area contributed by atoms with Gasteiger partial charge in [-0.1, -0.05) is 23.3 Å². The molecule has 0 unspecified atom stereocenters. The van der Waals surface area contributed by atoms with Crippen LogP contribution in [0, 0.1) is 6.92 Å². The number of rotatable bonds is 3. The molecule has 136 valence electrons. The van der Waals surface area contributed by atoms with Crippen LogP contribution in [0.5, 0.6) is 5.75 Å². The van der Waals surface area contributed by atoms with Gasteiger partial charge in [0.2, 0.25) is 0 Å². The third kappa shape index (κ3) is 3.01. The van der Waals surface area contributed by atoms with Crippen LogP contribution in [0.15, 0.2) is 52.9 Å². The van der Waals surface area contributed by atoms with Crippen LogP contribution in [0.1, 0.15) is 35.3 Å². The topological polar surface area (TPSA) is 63.7 Å². The lowest BCUT2D eigenvalue weighted by molar-refractivity contribution is 0.0867. The van der Waals surface area contributed by atoms with Crippen LogP contribution >= 0.6 is 0 Å². The number of carbonyl (C=O) groups excluding carboxylic acids is 1. The Kier molecular flexibility index (Phi) is 4.63. The third-order valence-corrected chi connectivity index (χ3v) is 6.27. The van der Waals surface area contributed by atoms with E-state index in [4.69, 9.17) is 4.74 Å². The Morgan fingerprint density at radius 1 is 1.04 bits per heavy atom. The van der Waals surface area contributed by atoms with Crippen LogP contribution in [-0.2, 0) is 10.0 Å². The van der Waals surface area contributed by atoms with Crippen LogP contribution < -0.4 is 4.74 Å². The summed E-state index contributed by atoms with van der Waals surface area (Å²) in [7, 11) is -2.38. The van der Waals surface area contributed by atoms with E-state index in [1.54, 1.807) is 37.4 Å². The van der Waals surface area contributed by atoms with E-state index < -0.39 is 15.9 Å². The SMILES string of the molecule is COc1ccc2c(c1)C(=C(C)C)CN(S(=O)(=O)c1ccc(C)cc1)C2=O. The Balaban J connectivity index is 2.15. The van der Waals surface area contributed by atoms with Gasteiger partial charge < -0.3 is 4.74 Å². The summed E-state index contributed by atoms with van der Waals surface area (Å²) in [6, 6.07) is 11.6. The van der Waals surface area contributed by atoms with Gasteiger partial charge in [0, 0.05) is 5.56 Å². The number of hydrogen-bond donors (Lipinski definition) is 0. The molecule has 0 atom stereocenters. The average molecular weight is 371 g/mol. The fraction of sp³-hybridized carbons (Fsp3) is 0.250. The Morgan fingerprint density at radius 3 is 2.27 bits per heavy atom. The van der Waals surface area contributed by atoms with Crippen molar-refractivity contribution in [1.29, 1.82) is 0 Å². The highest BCUT2D eigenvalue weighted by Crippen LogP contribution is 2.35. The van der Waals surface area contributed by atoms with E-state index in [0.29, 0.717) is 11.3 Å². The highest BCUT2D eigenvalue weighted by atomic mass is 32.2. The van der Waals surface area contributed by atoms with Crippen LogP contribution in [0.2, 0.25) is 0 Å². The summed E-state index contributed by atoms with van der Waals surface area (Å²) in [5.41, 5.74) is 3.82. The van der Waals surface area contributed by atoms with Crippen LogP contribution in [0.4, 0.5) is 0 Å². The summed E-state index contributed by atoms with van der Waals surface area (Å²) in [5, 5.41) is 0. The van der Waals surface area contributed by atoms with Gasteiger partial charge in [0.15, 0.2) is 0 Å². The molecule has 0 spiro atoms. The number of sulfonamides is 1. The number of carbonyl (C=O) groups is 1. The van der Waals surface area contributed by atoms with Crippen molar-refractivity contribution in [2.45, 2.75) is 25.7 Å². The highest BCUT2D eigenvalue weighted by molar-refractivity contribution is 7.89. The number of allylic oxidation sites excluding steroid dienone is 1. The predicted octanol–water partition coefficient (Wildman–Crippen LogP) is 3.64. The lowest BCUT2D eigenvalue weighted by atomic mass is 9.92. The average Bonchev–Trinajstić information content (AvgIpc) is 2.61. The van der Waals surface area contributed by atoms with Gasteiger partial charge in [-0.25, -0.2) is 12.7 Å². The van der Waals surface area contributed by atoms with Crippen molar-refractivity contribution in [3.63, 3.8) is 0 Å². The fourth-order valence-corrected chi connectivity index (χ4v) is 4.33. The Bertz CT molecular complexity index is 1000. The number of aryl methyl sites for hydroxylation is 1. The molecular weight excluding hydrogens is 350 g/mol. The van der Waals surface area contributed by atoms with Crippen LogP contribution in [0.3, 0.4) is 0 Å². The second kappa shape index (κ2) is 6.61. The molecule has 6 heteroatoms. The molecule has 3 rings (SSSR count). The van der Waals surface area contributed by atoms with Gasteiger partial charge in [-0.2, -0.15) is 0 Å². The van der Waals surface area contributed by atoms with E-state index in [9.17, 15) is 13.2 Å². The molecule has 0 saturated carbocycles. The summed E-state index contributed by atoms with van der Waals surface area (Å²) in [6.07, 6.45) is 0. The Labute approximate surface area is 154 Å². The number of nitrogens with zero attached hydrogens (tertiary/aromatic N) is 1. The van der Waals surface area contributed by atoms with Gasteiger partial charge in [-0.05, 0) is 62.2 Å². The molecule has 0 bridgehead atoms. The molecule has 1 aliphatic rings. The maximum atomic E-state index is 13.1. The maximum absolute atomic E-state index is 13.1. The minimum atomic E-state index is -3.93. The zero-order valence-electron chi connectivity index (χ0n) is 15.2. The molecule has 0 aliphatic carbocycles. The summed E-state index contributed by atoms with van der Waals surface area (Å²) >= 11 is 0. The van der Waals surface area contributed by atoms with Crippen molar-refractivity contribution in [1.82, 2.24) is 4.31 Å². The van der Waals surface area contributed by atoms with E-state index in [2.05, 4.69) is 0 Å². The lowest BCUT2D eigenvalue weighted by Gasteiger charge is -2.31. The minimum Gasteiger partial charge on any atom is -0.497 e. The normalized spacial score (nSPS) is 14.2. The zero-order chi connectivity index (χ0) is 19.1. The van der Waals surface area contributed by atoms with E-state index in [1.165, 1.54) is 12.1 Å².